The molecule has 0 bridgehead atoms. The highest BCUT2D eigenvalue weighted by atomic mass is 16.5. The first-order valence-corrected chi connectivity index (χ1v) is 7.06. The van der Waals surface area contributed by atoms with Gasteiger partial charge in [-0.2, -0.15) is 5.26 Å². The predicted molar refractivity (Wildman–Crippen MR) is 90.4 cm³/mol. The minimum Gasteiger partial charge on any atom is -0.497 e. The molecule has 0 aromatic heterocycles. The molecule has 0 radical (unpaired) electrons. The number of fused-ring (bicyclic) bond motifs is 1. The van der Waals surface area contributed by atoms with E-state index < -0.39 is 0 Å². The third kappa shape index (κ3) is 2.70. The molecule has 0 atom stereocenters. The zero-order valence-corrected chi connectivity index (χ0v) is 12.3. The summed E-state index contributed by atoms with van der Waals surface area (Å²) >= 11 is 0. The number of allylic oxidation sites excluding steroid dienone is 1. The van der Waals surface area contributed by atoms with Crippen LogP contribution >= 0.6 is 0 Å². The summed E-state index contributed by atoms with van der Waals surface area (Å²) < 4.78 is 5.16. The van der Waals surface area contributed by atoms with Crippen molar-refractivity contribution in [2.45, 2.75) is 0 Å². The molecule has 3 rings (SSSR count). The fourth-order valence-corrected chi connectivity index (χ4v) is 2.50. The standard InChI is InChI=1S/C20H15NO/c1-22-18-11-9-15(10-12-18)13-17(14-21)20-8-4-6-16-5-2-3-7-19(16)20/h2-13H,1H3. The van der Waals surface area contributed by atoms with Crippen molar-refractivity contribution in [3.63, 3.8) is 0 Å². The molecular formula is C20H15NO. The van der Waals surface area contributed by atoms with Crippen LogP contribution < -0.4 is 4.74 Å². The highest BCUT2D eigenvalue weighted by Crippen LogP contribution is 2.26. The Morgan fingerprint density at radius 2 is 1.68 bits per heavy atom. The van der Waals surface area contributed by atoms with Gasteiger partial charge in [-0.25, -0.2) is 0 Å². The van der Waals surface area contributed by atoms with Crippen molar-refractivity contribution in [3.8, 4) is 11.8 Å². The van der Waals surface area contributed by atoms with Crippen LogP contribution in [0.1, 0.15) is 11.1 Å². The Morgan fingerprint density at radius 1 is 0.955 bits per heavy atom. The highest BCUT2D eigenvalue weighted by molar-refractivity contribution is 6.01. The highest BCUT2D eigenvalue weighted by Gasteiger charge is 2.06. The Bertz CT molecular complexity index is 865. The lowest BCUT2D eigenvalue weighted by Crippen LogP contribution is -1.86. The minimum atomic E-state index is 0.655. The molecule has 2 heteroatoms. The van der Waals surface area contributed by atoms with Crippen LogP contribution in [0.15, 0.2) is 66.7 Å². The SMILES string of the molecule is COc1ccc(C=C(C#N)c2cccc3ccccc23)cc1. The number of nitrogens with zero attached hydrogens (tertiary/aromatic N) is 1. The van der Waals surface area contributed by atoms with Crippen LogP contribution in [-0.4, -0.2) is 7.11 Å². The van der Waals surface area contributed by atoms with Crippen molar-refractivity contribution in [2.24, 2.45) is 0 Å². The molecule has 106 valence electrons. The fraction of sp³-hybridized carbons (Fsp3) is 0.0500. The smallest absolute Gasteiger partial charge is 0.118 e. The monoisotopic (exact) mass is 285 g/mol. The van der Waals surface area contributed by atoms with Gasteiger partial charge in [-0.1, -0.05) is 54.6 Å². The fourth-order valence-electron chi connectivity index (χ4n) is 2.50. The molecule has 0 N–H and O–H groups in total. The van der Waals surface area contributed by atoms with Gasteiger partial charge >= 0.3 is 0 Å². The van der Waals surface area contributed by atoms with Crippen molar-refractivity contribution in [2.75, 3.05) is 7.11 Å². The summed E-state index contributed by atoms with van der Waals surface area (Å²) in [5.41, 5.74) is 2.59. The average Bonchev–Trinajstić information content (AvgIpc) is 2.60. The Labute approximate surface area is 129 Å². The minimum absolute atomic E-state index is 0.655. The van der Waals surface area contributed by atoms with E-state index in [4.69, 9.17) is 4.74 Å². The molecule has 0 heterocycles. The van der Waals surface area contributed by atoms with E-state index in [-0.39, 0.29) is 0 Å². The van der Waals surface area contributed by atoms with Gasteiger partial charge in [0.2, 0.25) is 0 Å². The van der Waals surface area contributed by atoms with Crippen LogP contribution in [0.25, 0.3) is 22.4 Å². The molecule has 0 saturated heterocycles. The molecule has 0 fully saturated rings. The van der Waals surface area contributed by atoms with Crippen LogP contribution in [0.4, 0.5) is 0 Å². The van der Waals surface area contributed by atoms with Crippen LogP contribution in [-0.2, 0) is 0 Å². The van der Waals surface area contributed by atoms with E-state index in [2.05, 4.69) is 18.2 Å². The average molecular weight is 285 g/mol. The number of rotatable bonds is 3. The van der Waals surface area contributed by atoms with E-state index in [1.165, 1.54) is 0 Å². The summed E-state index contributed by atoms with van der Waals surface area (Å²) in [6.07, 6.45) is 1.90. The molecule has 22 heavy (non-hydrogen) atoms. The van der Waals surface area contributed by atoms with E-state index in [1.807, 2.05) is 60.7 Å². The summed E-state index contributed by atoms with van der Waals surface area (Å²) in [4.78, 5) is 0. The second-order valence-electron chi connectivity index (χ2n) is 4.97. The Hall–Kier alpha value is -3.05. The van der Waals surface area contributed by atoms with Gasteiger partial charge in [-0.05, 0) is 34.5 Å². The molecule has 0 unspecified atom stereocenters. The normalized spacial score (nSPS) is 11.2. The third-order valence-electron chi connectivity index (χ3n) is 3.63. The first kappa shape index (κ1) is 13.9. The lowest BCUT2D eigenvalue weighted by atomic mass is 9.97. The van der Waals surface area contributed by atoms with Gasteiger partial charge in [-0.3, -0.25) is 0 Å². The Morgan fingerprint density at radius 3 is 2.41 bits per heavy atom. The van der Waals surface area contributed by atoms with Gasteiger partial charge in [0.05, 0.1) is 18.8 Å². The summed E-state index contributed by atoms with van der Waals surface area (Å²) in [5.74, 6) is 0.806. The molecule has 0 aliphatic heterocycles. The molecule has 0 spiro atoms. The van der Waals surface area contributed by atoms with Crippen molar-refractivity contribution in [3.05, 3.63) is 77.9 Å². The number of methoxy groups -OCH3 is 1. The maximum absolute atomic E-state index is 9.56. The topological polar surface area (TPSA) is 33.0 Å². The van der Waals surface area contributed by atoms with Gasteiger partial charge in [0.25, 0.3) is 0 Å². The largest absolute Gasteiger partial charge is 0.497 e. The number of hydrogen-bond acceptors (Lipinski definition) is 2. The molecule has 0 aliphatic rings. The van der Waals surface area contributed by atoms with Gasteiger partial charge in [0, 0.05) is 5.56 Å². The van der Waals surface area contributed by atoms with Crippen molar-refractivity contribution in [1.29, 1.82) is 5.26 Å². The van der Waals surface area contributed by atoms with E-state index in [9.17, 15) is 5.26 Å². The Kier molecular flexibility index (Phi) is 3.89. The molecule has 3 aromatic carbocycles. The zero-order valence-electron chi connectivity index (χ0n) is 12.3. The van der Waals surface area contributed by atoms with Crippen molar-refractivity contribution >= 4 is 22.4 Å². The van der Waals surface area contributed by atoms with Crippen molar-refractivity contribution < 1.29 is 4.74 Å². The molecule has 0 amide bonds. The number of benzene rings is 3. The van der Waals surface area contributed by atoms with Gasteiger partial charge in [0.15, 0.2) is 0 Å². The number of nitriles is 1. The van der Waals surface area contributed by atoms with E-state index in [0.29, 0.717) is 5.57 Å². The lowest BCUT2D eigenvalue weighted by Gasteiger charge is -2.06. The molecular weight excluding hydrogens is 270 g/mol. The van der Waals surface area contributed by atoms with Crippen molar-refractivity contribution in [1.82, 2.24) is 0 Å². The molecule has 3 aromatic rings. The first-order chi connectivity index (χ1) is 10.8. The van der Waals surface area contributed by atoms with Gasteiger partial charge in [-0.15, -0.1) is 0 Å². The van der Waals surface area contributed by atoms with Gasteiger partial charge < -0.3 is 4.74 Å². The first-order valence-electron chi connectivity index (χ1n) is 7.06. The summed E-state index contributed by atoms with van der Waals surface area (Å²) in [6.45, 7) is 0. The predicted octanol–water partition coefficient (Wildman–Crippen LogP) is 4.91. The van der Waals surface area contributed by atoms with Crippen LogP contribution in [0.3, 0.4) is 0 Å². The molecule has 0 saturated carbocycles. The summed E-state index contributed by atoms with van der Waals surface area (Å²) in [7, 11) is 1.64. The quantitative estimate of drug-likeness (QED) is 0.506. The number of hydrogen-bond donors (Lipinski definition) is 0. The Balaban J connectivity index is 2.09. The van der Waals surface area contributed by atoms with Gasteiger partial charge in [0.1, 0.15) is 5.75 Å². The molecule has 2 nitrogen and oxygen atoms in total. The second-order valence-corrected chi connectivity index (χ2v) is 4.97. The molecule has 0 aliphatic carbocycles. The zero-order chi connectivity index (χ0) is 15.4. The van der Waals surface area contributed by atoms with Crippen LogP contribution in [0.5, 0.6) is 5.75 Å². The van der Waals surface area contributed by atoms with E-state index in [0.717, 1.165) is 27.6 Å². The maximum Gasteiger partial charge on any atom is 0.118 e. The van der Waals surface area contributed by atoms with Crippen LogP contribution in [0, 0.1) is 11.3 Å². The number of ether oxygens (including phenoxy) is 1. The summed E-state index contributed by atoms with van der Waals surface area (Å²) in [5, 5.41) is 11.8. The maximum atomic E-state index is 9.56. The second kappa shape index (κ2) is 6.15. The van der Waals surface area contributed by atoms with E-state index >= 15 is 0 Å². The summed E-state index contributed by atoms with van der Waals surface area (Å²) in [6, 6.07) is 24.1. The third-order valence-corrected chi connectivity index (χ3v) is 3.63. The lowest BCUT2D eigenvalue weighted by molar-refractivity contribution is 0.415. The van der Waals surface area contributed by atoms with Crippen LogP contribution in [0.2, 0.25) is 0 Å². The van der Waals surface area contributed by atoms with E-state index in [1.54, 1.807) is 7.11 Å².